The fraction of sp³-hybridized carbons (Fsp3) is 0.300. The first-order valence-corrected chi connectivity index (χ1v) is 10.7. The molecule has 0 unspecified atom stereocenters. The number of hydrogen-bond acceptors (Lipinski definition) is 6. The molecule has 0 atom stereocenters. The highest BCUT2D eigenvalue weighted by Crippen LogP contribution is 2.36. The third-order valence-corrected chi connectivity index (χ3v) is 6.58. The van der Waals surface area contributed by atoms with Gasteiger partial charge in [-0.3, -0.25) is 4.79 Å². The average molecular weight is 417 g/mol. The van der Waals surface area contributed by atoms with Crippen LogP contribution in [0.2, 0.25) is 0 Å². The smallest absolute Gasteiger partial charge is 0.248 e. The van der Waals surface area contributed by atoms with E-state index in [9.17, 15) is 4.79 Å². The van der Waals surface area contributed by atoms with Gasteiger partial charge in [-0.15, -0.1) is 11.8 Å². The number of amides is 1. The predicted octanol–water partition coefficient (Wildman–Crippen LogP) is 3.98. The predicted molar refractivity (Wildman–Crippen MR) is 110 cm³/mol. The van der Waals surface area contributed by atoms with Crippen LogP contribution in [0.25, 0.3) is 10.2 Å². The van der Waals surface area contributed by atoms with Gasteiger partial charge in [-0.25, -0.2) is 0 Å². The third kappa shape index (κ3) is 4.02. The van der Waals surface area contributed by atoms with Gasteiger partial charge in [0.2, 0.25) is 12.7 Å². The number of methoxy groups -OCH3 is 1. The topological polar surface area (TPSA) is 62.0 Å². The monoisotopic (exact) mass is 416 g/mol. The molecular formula is C20H20N2O4S2. The second-order valence-electron chi connectivity index (χ2n) is 6.25. The van der Waals surface area contributed by atoms with E-state index in [1.54, 1.807) is 18.9 Å². The van der Waals surface area contributed by atoms with Crippen LogP contribution in [0.4, 0.5) is 0 Å². The van der Waals surface area contributed by atoms with Gasteiger partial charge < -0.3 is 18.8 Å². The zero-order chi connectivity index (χ0) is 19.5. The lowest BCUT2D eigenvalue weighted by atomic mass is 10.3. The number of thioether (sulfide) groups is 1. The maximum Gasteiger partial charge on any atom is 0.248 e. The molecule has 8 heteroatoms. The molecular weight excluding hydrogens is 396 g/mol. The number of benzene rings is 2. The number of thiazole rings is 1. The van der Waals surface area contributed by atoms with Gasteiger partial charge in [-0.1, -0.05) is 11.3 Å². The summed E-state index contributed by atoms with van der Waals surface area (Å²) in [5, 5.41) is 0. The van der Waals surface area contributed by atoms with Crippen molar-refractivity contribution in [1.82, 2.24) is 4.57 Å². The van der Waals surface area contributed by atoms with Crippen molar-refractivity contribution >= 4 is 39.2 Å². The zero-order valence-corrected chi connectivity index (χ0v) is 17.3. The number of hydrogen-bond donors (Lipinski definition) is 0. The van der Waals surface area contributed by atoms with Crippen molar-refractivity contribution in [3.63, 3.8) is 0 Å². The van der Waals surface area contributed by atoms with Crippen molar-refractivity contribution in [3.8, 4) is 17.2 Å². The van der Waals surface area contributed by atoms with E-state index in [0.29, 0.717) is 11.2 Å². The Hall–Kier alpha value is -2.45. The van der Waals surface area contributed by atoms with Crippen LogP contribution in [0.15, 0.2) is 46.3 Å². The minimum atomic E-state index is -0.0995. The Bertz CT molecular complexity index is 1070. The molecule has 0 aliphatic carbocycles. The summed E-state index contributed by atoms with van der Waals surface area (Å²) in [7, 11) is 3.56. The summed E-state index contributed by atoms with van der Waals surface area (Å²) in [5.74, 6) is 3.08. The quantitative estimate of drug-likeness (QED) is 0.449. The zero-order valence-electron chi connectivity index (χ0n) is 15.6. The van der Waals surface area contributed by atoms with Gasteiger partial charge in [-0.2, -0.15) is 4.99 Å². The number of aromatic nitrogens is 1. The van der Waals surface area contributed by atoms with Crippen molar-refractivity contribution in [1.29, 1.82) is 0 Å². The molecule has 1 aliphatic rings. The molecule has 0 fully saturated rings. The van der Waals surface area contributed by atoms with Crippen molar-refractivity contribution in [2.75, 3.05) is 19.7 Å². The van der Waals surface area contributed by atoms with Crippen LogP contribution in [-0.4, -0.2) is 30.1 Å². The van der Waals surface area contributed by atoms with E-state index in [4.69, 9.17) is 14.2 Å². The Labute approximate surface area is 170 Å². The molecule has 6 nitrogen and oxygen atoms in total. The third-order valence-electron chi connectivity index (χ3n) is 4.39. The first kappa shape index (κ1) is 18.9. The summed E-state index contributed by atoms with van der Waals surface area (Å²) in [6.07, 6.45) is 1.21. The highest BCUT2D eigenvalue weighted by atomic mass is 32.2. The minimum Gasteiger partial charge on any atom is -0.497 e. The van der Waals surface area contributed by atoms with Gasteiger partial charge >= 0.3 is 0 Å². The number of ether oxygens (including phenoxy) is 3. The molecule has 0 saturated carbocycles. The van der Waals surface area contributed by atoms with Crippen molar-refractivity contribution in [2.24, 2.45) is 12.0 Å². The number of fused-ring (bicyclic) bond motifs is 2. The Balaban J connectivity index is 1.37. The molecule has 146 valence electrons. The molecule has 1 aromatic heterocycles. The second-order valence-corrected chi connectivity index (χ2v) is 8.43. The number of carbonyl (C=O) groups excluding carboxylic acids is 1. The Morgan fingerprint density at radius 3 is 2.75 bits per heavy atom. The van der Waals surface area contributed by atoms with Gasteiger partial charge in [0.25, 0.3) is 0 Å². The summed E-state index contributed by atoms with van der Waals surface area (Å²) < 4.78 is 18.9. The van der Waals surface area contributed by atoms with Gasteiger partial charge in [0.15, 0.2) is 16.3 Å². The average Bonchev–Trinajstić information content (AvgIpc) is 3.28. The highest BCUT2D eigenvalue weighted by Gasteiger charge is 2.16. The van der Waals surface area contributed by atoms with Crippen LogP contribution in [0.5, 0.6) is 17.2 Å². The number of aryl methyl sites for hydroxylation is 1. The summed E-state index contributed by atoms with van der Waals surface area (Å²) >= 11 is 3.21. The van der Waals surface area contributed by atoms with E-state index in [2.05, 4.69) is 4.99 Å². The van der Waals surface area contributed by atoms with Gasteiger partial charge in [0.1, 0.15) is 5.75 Å². The lowest BCUT2D eigenvalue weighted by Gasteiger charge is -2.02. The Morgan fingerprint density at radius 2 is 2.00 bits per heavy atom. The highest BCUT2D eigenvalue weighted by molar-refractivity contribution is 7.99. The number of nitrogens with zero attached hydrogens (tertiary/aromatic N) is 2. The molecule has 0 radical (unpaired) electrons. The fourth-order valence-electron chi connectivity index (χ4n) is 2.87. The number of rotatable bonds is 6. The van der Waals surface area contributed by atoms with E-state index in [-0.39, 0.29) is 12.7 Å². The SMILES string of the molecule is COc1ccc(SCCCC(=O)N=c2sc3cc4c(cc3n2C)OCO4)cc1. The molecule has 1 amide bonds. The molecule has 0 spiro atoms. The lowest BCUT2D eigenvalue weighted by molar-refractivity contribution is -0.118. The number of carbonyl (C=O) groups is 1. The maximum atomic E-state index is 12.3. The van der Waals surface area contributed by atoms with E-state index < -0.39 is 0 Å². The van der Waals surface area contributed by atoms with Crippen LogP contribution in [0, 0.1) is 0 Å². The Kier molecular flexibility index (Phi) is 5.59. The van der Waals surface area contributed by atoms with E-state index in [0.717, 1.165) is 39.6 Å². The van der Waals surface area contributed by atoms with Gasteiger partial charge in [-0.05, 0) is 36.4 Å². The lowest BCUT2D eigenvalue weighted by Crippen LogP contribution is -2.13. The van der Waals surface area contributed by atoms with Crippen molar-refractivity contribution in [2.45, 2.75) is 17.7 Å². The summed E-state index contributed by atoms with van der Waals surface area (Å²) in [6.45, 7) is 0.251. The molecule has 0 N–H and O–H groups in total. The standard InChI is InChI=1S/C20H20N2O4S2/c1-22-15-10-16-17(26-12-25-16)11-18(15)28-20(22)21-19(23)4-3-9-27-14-7-5-13(24-2)6-8-14/h5-8,10-11H,3-4,9,12H2,1-2H3. The first-order valence-electron chi connectivity index (χ1n) is 8.87. The first-order chi connectivity index (χ1) is 13.6. The Morgan fingerprint density at radius 1 is 1.25 bits per heavy atom. The molecule has 2 heterocycles. The van der Waals surface area contributed by atoms with Crippen LogP contribution < -0.4 is 19.0 Å². The van der Waals surface area contributed by atoms with E-state index >= 15 is 0 Å². The van der Waals surface area contributed by atoms with Crippen LogP contribution >= 0.6 is 23.1 Å². The van der Waals surface area contributed by atoms with Crippen LogP contribution in [0.3, 0.4) is 0 Å². The molecule has 4 rings (SSSR count). The largest absolute Gasteiger partial charge is 0.497 e. The maximum absolute atomic E-state index is 12.3. The summed E-state index contributed by atoms with van der Waals surface area (Å²) in [6, 6.07) is 11.8. The fourth-order valence-corrected chi connectivity index (χ4v) is 4.77. The molecule has 0 saturated heterocycles. The van der Waals surface area contributed by atoms with Gasteiger partial charge in [0.05, 0.1) is 17.3 Å². The minimum absolute atomic E-state index is 0.0995. The molecule has 28 heavy (non-hydrogen) atoms. The molecule has 0 bridgehead atoms. The van der Waals surface area contributed by atoms with E-state index in [1.807, 2.05) is 48.0 Å². The molecule has 2 aromatic carbocycles. The normalized spacial score (nSPS) is 13.3. The molecule has 1 aliphatic heterocycles. The van der Waals surface area contributed by atoms with Crippen LogP contribution in [-0.2, 0) is 11.8 Å². The van der Waals surface area contributed by atoms with Gasteiger partial charge in [0, 0.05) is 30.5 Å². The van der Waals surface area contributed by atoms with Crippen LogP contribution in [0.1, 0.15) is 12.8 Å². The van der Waals surface area contributed by atoms with Crippen molar-refractivity contribution in [3.05, 3.63) is 41.2 Å². The van der Waals surface area contributed by atoms with Crippen molar-refractivity contribution < 1.29 is 19.0 Å². The van der Waals surface area contributed by atoms with E-state index in [1.165, 1.54) is 16.2 Å². The molecule has 3 aromatic rings. The summed E-state index contributed by atoms with van der Waals surface area (Å²) in [5.41, 5.74) is 0.982. The second kappa shape index (κ2) is 8.28. The summed E-state index contributed by atoms with van der Waals surface area (Å²) in [4.78, 5) is 18.4.